The van der Waals surface area contributed by atoms with E-state index in [1.807, 2.05) is 71.1 Å². The molecule has 26 heavy (non-hydrogen) atoms. The average Bonchev–Trinajstić information content (AvgIpc) is 2.62. The van der Waals surface area contributed by atoms with Gasteiger partial charge in [0.15, 0.2) is 6.10 Å². The van der Waals surface area contributed by atoms with Gasteiger partial charge in [-0.05, 0) is 24.6 Å². The minimum atomic E-state index is -1.50. The standard InChI is InChI=1S/C20H23IO5/c1-14-19(23,13-15-9-5-3-6-10-15)17(22)18(24-2)20(21,25-14)26-16-11-7-4-8-12-16/h3-12,14,17-18,22-23H,13H2,1-2H3/t14-,17-,18+,19-,20+/m0/s1. The lowest BCUT2D eigenvalue weighted by Gasteiger charge is -2.51. The minimum Gasteiger partial charge on any atom is -0.451 e. The summed E-state index contributed by atoms with van der Waals surface area (Å²) in [4.78, 5) is 0. The quantitative estimate of drug-likeness (QED) is 0.520. The Labute approximate surface area is 167 Å². The van der Waals surface area contributed by atoms with Crippen molar-refractivity contribution in [1.82, 2.24) is 0 Å². The van der Waals surface area contributed by atoms with Crippen LogP contribution in [0, 0.1) is 0 Å². The lowest BCUT2D eigenvalue weighted by atomic mass is 9.80. The summed E-state index contributed by atoms with van der Waals surface area (Å²) in [5.41, 5.74) is -0.596. The molecule has 1 aliphatic heterocycles. The van der Waals surface area contributed by atoms with Crippen molar-refractivity contribution in [2.24, 2.45) is 0 Å². The smallest absolute Gasteiger partial charge is 0.292 e. The zero-order chi connectivity index (χ0) is 18.8. The fraction of sp³-hybridized carbons (Fsp3) is 0.400. The van der Waals surface area contributed by atoms with Crippen molar-refractivity contribution < 1.29 is 24.4 Å². The second-order valence-corrected chi connectivity index (χ2v) is 8.02. The number of hydrogen-bond acceptors (Lipinski definition) is 5. The van der Waals surface area contributed by atoms with Crippen LogP contribution in [0.15, 0.2) is 60.7 Å². The minimum absolute atomic E-state index is 0.244. The van der Waals surface area contributed by atoms with Crippen LogP contribution < -0.4 is 4.74 Å². The molecule has 0 bridgehead atoms. The highest BCUT2D eigenvalue weighted by molar-refractivity contribution is 14.1. The van der Waals surface area contributed by atoms with Crippen molar-refractivity contribution in [3.63, 3.8) is 0 Å². The van der Waals surface area contributed by atoms with Gasteiger partial charge in [0.2, 0.25) is 0 Å². The van der Waals surface area contributed by atoms with Crippen molar-refractivity contribution in [3.8, 4) is 5.75 Å². The first-order chi connectivity index (χ1) is 12.4. The fourth-order valence-corrected chi connectivity index (χ4v) is 4.50. The molecule has 0 unspecified atom stereocenters. The molecule has 0 radical (unpaired) electrons. The summed E-state index contributed by atoms with van der Waals surface area (Å²) in [6.07, 6.45) is -2.51. The Kier molecular flexibility index (Phi) is 5.88. The summed E-state index contributed by atoms with van der Waals surface area (Å²) in [5, 5.41) is 22.2. The second-order valence-electron chi connectivity index (χ2n) is 6.51. The van der Waals surface area contributed by atoms with Gasteiger partial charge in [0.25, 0.3) is 3.79 Å². The van der Waals surface area contributed by atoms with E-state index in [0.29, 0.717) is 5.75 Å². The predicted molar refractivity (Wildman–Crippen MR) is 106 cm³/mol. The first-order valence-corrected chi connectivity index (χ1v) is 9.55. The van der Waals surface area contributed by atoms with Gasteiger partial charge in [0.1, 0.15) is 17.5 Å². The van der Waals surface area contributed by atoms with E-state index in [-0.39, 0.29) is 6.42 Å². The van der Waals surface area contributed by atoms with Gasteiger partial charge in [-0.2, -0.15) is 0 Å². The number of halogens is 1. The number of para-hydroxylation sites is 1. The van der Waals surface area contributed by atoms with Gasteiger partial charge in [-0.15, -0.1) is 0 Å². The maximum absolute atomic E-state index is 11.2. The fourth-order valence-electron chi connectivity index (χ4n) is 3.27. The number of methoxy groups -OCH3 is 1. The molecule has 2 N–H and O–H groups in total. The first-order valence-electron chi connectivity index (χ1n) is 8.47. The molecule has 0 aromatic heterocycles. The van der Waals surface area contributed by atoms with Crippen molar-refractivity contribution in [2.45, 2.75) is 41.1 Å². The molecule has 1 saturated heterocycles. The summed E-state index contributed by atoms with van der Waals surface area (Å²) >= 11 is 1.99. The molecule has 3 rings (SSSR count). The molecule has 1 heterocycles. The number of alkyl halides is 1. The van der Waals surface area contributed by atoms with Crippen molar-refractivity contribution >= 4 is 22.6 Å². The molecule has 5 nitrogen and oxygen atoms in total. The van der Waals surface area contributed by atoms with Crippen LogP contribution >= 0.6 is 22.6 Å². The van der Waals surface area contributed by atoms with Crippen LogP contribution in [-0.4, -0.2) is 45.0 Å². The number of rotatable bonds is 5. The topological polar surface area (TPSA) is 68.2 Å². The molecule has 1 aliphatic rings. The molecule has 0 aliphatic carbocycles. The van der Waals surface area contributed by atoms with E-state index in [2.05, 4.69) is 0 Å². The molecule has 2 aromatic rings. The van der Waals surface area contributed by atoms with Crippen molar-refractivity contribution in [3.05, 3.63) is 66.2 Å². The average molecular weight is 470 g/mol. The largest absolute Gasteiger partial charge is 0.451 e. The monoisotopic (exact) mass is 470 g/mol. The van der Waals surface area contributed by atoms with Gasteiger partial charge in [-0.25, -0.2) is 0 Å². The maximum Gasteiger partial charge on any atom is 0.292 e. The Bertz CT molecular complexity index is 713. The molecular formula is C20H23IO5. The zero-order valence-electron chi connectivity index (χ0n) is 14.7. The van der Waals surface area contributed by atoms with Crippen LogP contribution in [-0.2, 0) is 15.9 Å². The second kappa shape index (κ2) is 7.82. The highest BCUT2D eigenvalue weighted by Gasteiger charge is 2.61. The van der Waals surface area contributed by atoms with E-state index in [1.54, 1.807) is 19.1 Å². The normalized spacial score (nSPS) is 34.4. The SMILES string of the molecule is CO[C@@H]1[C@H](O)[C@](O)(Cc2ccccc2)[C@H](C)O[C@@]1(I)Oc1ccccc1. The number of ether oxygens (including phenoxy) is 3. The Morgan fingerprint density at radius 3 is 2.23 bits per heavy atom. The summed E-state index contributed by atoms with van der Waals surface area (Å²) in [6.45, 7) is 1.74. The lowest BCUT2D eigenvalue weighted by Crippen LogP contribution is -2.70. The Balaban J connectivity index is 1.87. The molecule has 140 valence electrons. The first kappa shape index (κ1) is 19.6. The summed E-state index contributed by atoms with van der Waals surface area (Å²) in [5.74, 6) is 0.594. The molecule has 2 aromatic carbocycles. The third-order valence-corrected chi connectivity index (χ3v) is 5.85. The van der Waals surface area contributed by atoms with Crippen molar-refractivity contribution in [1.29, 1.82) is 0 Å². The highest BCUT2D eigenvalue weighted by atomic mass is 127. The zero-order valence-corrected chi connectivity index (χ0v) is 16.9. The van der Waals surface area contributed by atoms with Crippen LogP contribution in [0.4, 0.5) is 0 Å². The van der Waals surface area contributed by atoms with Gasteiger partial charge in [-0.1, -0.05) is 48.5 Å². The van der Waals surface area contributed by atoms with Crippen LogP contribution in [0.5, 0.6) is 5.75 Å². The molecule has 5 atom stereocenters. The summed E-state index contributed by atoms with van der Waals surface area (Å²) in [6, 6.07) is 18.7. The number of aliphatic hydroxyl groups excluding tert-OH is 1. The molecule has 0 amide bonds. The Hall–Kier alpha value is -1.19. The van der Waals surface area contributed by atoms with Gasteiger partial charge in [0, 0.05) is 36.1 Å². The summed E-state index contributed by atoms with van der Waals surface area (Å²) < 4.78 is 16.3. The molecule has 0 saturated carbocycles. The maximum atomic E-state index is 11.2. The molecule has 0 spiro atoms. The molecule has 6 heteroatoms. The van der Waals surface area contributed by atoms with Crippen molar-refractivity contribution in [2.75, 3.05) is 7.11 Å². The Morgan fingerprint density at radius 1 is 1.08 bits per heavy atom. The van der Waals surface area contributed by atoms with E-state index in [1.165, 1.54) is 7.11 Å². The van der Waals surface area contributed by atoms with E-state index >= 15 is 0 Å². The van der Waals surface area contributed by atoms with Crippen LogP contribution in [0.25, 0.3) is 0 Å². The molecule has 1 fully saturated rings. The van der Waals surface area contributed by atoms with Gasteiger partial charge < -0.3 is 24.4 Å². The third kappa shape index (κ3) is 3.75. The van der Waals surface area contributed by atoms with E-state index in [9.17, 15) is 10.2 Å². The van der Waals surface area contributed by atoms with Gasteiger partial charge >= 0.3 is 0 Å². The van der Waals surface area contributed by atoms with E-state index < -0.39 is 27.7 Å². The lowest BCUT2D eigenvalue weighted by molar-refractivity contribution is -0.316. The predicted octanol–water partition coefficient (Wildman–Crippen LogP) is 2.92. The number of benzene rings is 2. The summed E-state index contributed by atoms with van der Waals surface area (Å²) in [7, 11) is 1.47. The Morgan fingerprint density at radius 2 is 1.65 bits per heavy atom. The van der Waals surface area contributed by atoms with Crippen LogP contribution in [0.2, 0.25) is 0 Å². The van der Waals surface area contributed by atoms with E-state index in [4.69, 9.17) is 14.2 Å². The highest BCUT2D eigenvalue weighted by Crippen LogP contribution is 2.43. The number of aliphatic hydroxyl groups is 2. The number of hydrogen-bond donors (Lipinski definition) is 2. The third-order valence-electron chi connectivity index (χ3n) is 4.76. The van der Waals surface area contributed by atoms with Gasteiger partial charge in [0.05, 0.1) is 6.10 Å². The molecular weight excluding hydrogens is 447 g/mol. The van der Waals surface area contributed by atoms with E-state index in [0.717, 1.165) is 5.56 Å². The van der Waals surface area contributed by atoms with Gasteiger partial charge in [-0.3, -0.25) is 0 Å². The van der Waals surface area contributed by atoms with Crippen LogP contribution in [0.3, 0.4) is 0 Å². The van der Waals surface area contributed by atoms with Crippen LogP contribution in [0.1, 0.15) is 12.5 Å².